The summed E-state index contributed by atoms with van der Waals surface area (Å²) >= 11 is 0. The number of aromatic nitrogens is 3. The summed E-state index contributed by atoms with van der Waals surface area (Å²) in [5.74, 6) is 8.77. The van der Waals surface area contributed by atoms with Gasteiger partial charge in [-0.05, 0) is 98.2 Å². The maximum atomic E-state index is 7.01. The number of benzene rings is 12. The van der Waals surface area contributed by atoms with Gasteiger partial charge in [-0.3, -0.25) is 0 Å². The van der Waals surface area contributed by atoms with Gasteiger partial charge in [0.25, 0.3) is 0 Å². The van der Waals surface area contributed by atoms with Gasteiger partial charge in [0.05, 0.1) is 5.56 Å². The van der Waals surface area contributed by atoms with Crippen LogP contribution in [0.2, 0.25) is 0 Å². The van der Waals surface area contributed by atoms with Crippen LogP contribution in [0.5, 0.6) is 46.0 Å². The highest BCUT2D eigenvalue weighted by atomic mass is 31.1. The van der Waals surface area contributed by atoms with Gasteiger partial charge in [-0.25, -0.2) is 15.0 Å². The van der Waals surface area contributed by atoms with Crippen LogP contribution in [-0.4, -0.2) is 36.6 Å². The molecule has 0 amide bonds. The predicted octanol–water partition coefficient (Wildman–Crippen LogP) is 10.7. The van der Waals surface area contributed by atoms with Gasteiger partial charge in [0.1, 0.15) is 46.0 Å². The summed E-state index contributed by atoms with van der Waals surface area (Å²) in [6, 6.07) is 106. The van der Waals surface area contributed by atoms with E-state index in [2.05, 4.69) is 224 Å². The van der Waals surface area contributed by atoms with Crippen LogP contribution in [0.1, 0.15) is 0 Å². The third kappa shape index (κ3) is 8.37. The van der Waals surface area contributed by atoms with Crippen molar-refractivity contribution >= 4 is 81.5 Å². The first-order chi connectivity index (χ1) is 42.2. The smallest absolute Gasteiger partial charge is 0.197 e. The Labute approximate surface area is 501 Å². The minimum absolute atomic E-state index is 0. The lowest BCUT2D eigenvalue weighted by molar-refractivity contribution is 0.464. The molecule has 0 fully saturated rings. The summed E-state index contributed by atoms with van der Waals surface area (Å²) in [5, 5.41) is 13.6. The van der Waals surface area contributed by atoms with Crippen LogP contribution in [0.3, 0.4) is 0 Å². The molecule has 2 atom stereocenters. The second kappa shape index (κ2) is 21.7. The summed E-state index contributed by atoms with van der Waals surface area (Å²) < 4.78 is 27.3. The number of hydrogen-bond acceptors (Lipinski definition) is 7. The van der Waals surface area contributed by atoms with Crippen molar-refractivity contribution in [1.82, 2.24) is 15.0 Å². The second-order valence-corrected chi connectivity index (χ2v) is 30.8. The largest absolute Gasteiger partial charge is 0.457 e. The van der Waals surface area contributed by atoms with E-state index in [4.69, 9.17) is 33.9 Å². The van der Waals surface area contributed by atoms with E-state index in [0.717, 1.165) is 67.9 Å². The van der Waals surface area contributed by atoms with Crippen LogP contribution in [0.15, 0.2) is 303 Å². The topological polar surface area (TPSA) is 107 Å². The van der Waals surface area contributed by atoms with E-state index in [9.17, 15) is 0 Å². The van der Waals surface area contributed by atoms with Gasteiger partial charge in [-0.2, -0.15) is 0 Å². The summed E-state index contributed by atoms with van der Waals surface area (Å²) in [5.41, 5.74) is 2.64. The average Bonchev–Trinajstić information content (AvgIpc) is 0.703. The molecule has 86 heavy (non-hydrogen) atoms. The maximum Gasteiger partial charge on any atom is 0.197 e. The molecular weight excluding hydrogens is 1110 g/mol. The number of nitrogens with zero attached hydrogens (tertiary/aromatic N) is 3. The minimum atomic E-state index is -2.89. The van der Waals surface area contributed by atoms with Crippen molar-refractivity contribution in [1.29, 1.82) is 0 Å². The van der Waals surface area contributed by atoms with Gasteiger partial charge < -0.3 is 24.4 Å². The van der Waals surface area contributed by atoms with E-state index in [-0.39, 0.29) is 5.48 Å². The lowest BCUT2D eigenvalue weighted by atomic mass is 10.1. The third-order valence-electron chi connectivity index (χ3n) is 16.6. The van der Waals surface area contributed by atoms with Crippen molar-refractivity contribution in [2.24, 2.45) is 0 Å². The number of hydrogen-bond donors (Lipinski definition) is 0. The molecule has 4 aliphatic heterocycles. The molecule has 8 nitrogen and oxygen atoms in total. The predicted molar refractivity (Wildman–Crippen MR) is 352 cm³/mol. The molecule has 2 unspecified atom stereocenters. The fourth-order valence-electron chi connectivity index (χ4n) is 13.1. The van der Waals surface area contributed by atoms with Gasteiger partial charge in [0, 0.05) is 26.8 Å². The summed E-state index contributed by atoms with van der Waals surface area (Å²) in [6.07, 6.45) is 0. The zero-order valence-corrected chi connectivity index (χ0v) is 49.2. The van der Waals surface area contributed by atoms with Gasteiger partial charge in [0.2, 0.25) is 0 Å². The molecule has 5 heterocycles. The van der Waals surface area contributed by atoms with Crippen molar-refractivity contribution in [3.63, 3.8) is 0 Å². The number of fused-ring (bicyclic) bond motifs is 8. The molecular formula is C75H52N3O5PSi2. The summed E-state index contributed by atoms with van der Waals surface area (Å²) in [4.78, 5) is 15.1. The Morgan fingerprint density at radius 3 is 1.02 bits per heavy atom. The molecule has 17 rings (SSSR count). The van der Waals surface area contributed by atoms with Crippen LogP contribution in [0.25, 0.3) is 34.2 Å². The Kier molecular flexibility index (Phi) is 13.2. The quantitative estimate of drug-likeness (QED) is 0.110. The highest BCUT2D eigenvalue weighted by molar-refractivity contribution is 7.80. The lowest BCUT2D eigenvalue weighted by Crippen LogP contribution is -2.77. The zero-order valence-electron chi connectivity index (χ0n) is 46.3. The molecule has 0 aliphatic carbocycles. The van der Waals surface area contributed by atoms with Crippen molar-refractivity contribution in [3.8, 4) is 80.2 Å². The molecule has 410 valence electrons. The van der Waals surface area contributed by atoms with Crippen LogP contribution in [-0.2, 0) is 0 Å². The molecule has 12 aromatic carbocycles. The van der Waals surface area contributed by atoms with Crippen LogP contribution < -0.4 is 76.4 Å². The Bertz CT molecular complexity index is 4560. The molecule has 0 saturated carbocycles. The van der Waals surface area contributed by atoms with E-state index < -0.39 is 24.1 Å². The van der Waals surface area contributed by atoms with Gasteiger partial charge in [-0.15, -0.1) is 0 Å². The average molecular weight is 1160 g/mol. The summed E-state index contributed by atoms with van der Waals surface area (Å²) in [6.45, 7) is 0. The second-order valence-electron chi connectivity index (χ2n) is 21.3. The van der Waals surface area contributed by atoms with Gasteiger partial charge in [-0.1, -0.05) is 255 Å². The Morgan fingerprint density at radius 1 is 0.267 bits per heavy atom. The third-order valence-corrected chi connectivity index (χ3v) is 28.8. The van der Waals surface area contributed by atoms with E-state index in [0.29, 0.717) is 17.5 Å². The standard InChI is InChI=1S/C39H25N3O2Si.C36H25O2PSi.H2O/c1-4-14-26(15-5-1)37-40-38(27-16-6-2-7-17-27)42-39(41-37)29-24-25-32-36-35(29)44-31-21-11-13-23-34(31)45(36,28-18-8-3-9-19-28)33-22-12-10-20-30(33)43-32;1-4-14-26(15-5-1)39(27-16-6-2-7-17-27)32-25-24-31-36-35(32)38-30-21-11-13-23-34(30)40(36,28-18-8-3-9-19-28)33-22-12-10-20-29(33)37-31;/h1-25H;1-25H;1H2. The number of rotatable bonds is 8. The molecule has 13 aromatic rings. The molecule has 0 saturated heterocycles. The maximum absolute atomic E-state index is 7.01. The molecule has 0 spiro atoms. The molecule has 2 N–H and O–H groups in total. The number of para-hydroxylation sites is 4. The van der Waals surface area contributed by atoms with Crippen LogP contribution in [0, 0.1) is 0 Å². The van der Waals surface area contributed by atoms with E-state index in [1.165, 1.54) is 52.2 Å². The van der Waals surface area contributed by atoms with E-state index >= 15 is 0 Å². The summed E-state index contributed by atoms with van der Waals surface area (Å²) in [7, 11) is -6.54. The van der Waals surface area contributed by atoms with Crippen LogP contribution >= 0.6 is 7.92 Å². The SMILES string of the molecule is O.c1ccc(-c2nc(-c3ccccc3)nc(-c3ccc4c5c3Oc3ccccc3[Si]5(c3ccccc3)c3ccccc3O4)n2)cc1.c1ccc(P(c2ccccc2)c2ccc3c4c2Oc2ccccc2[Si]4(c2ccccc2)c2ccccc2O3)cc1. The first kappa shape index (κ1) is 52.5. The normalized spacial score (nSPS) is 15.7. The Morgan fingerprint density at radius 2 is 0.593 bits per heavy atom. The lowest BCUT2D eigenvalue weighted by Gasteiger charge is -2.44. The number of ether oxygens (including phenoxy) is 4. The van der Waals surface area contributed by atoms with E-state index in [1.54, 1.807) is 0 Å². The Hall–Kier alpha value is -10.3. The monoisotopic (exact) mass is 1160 g/mol. The van der Waals surface area contributed by atoms with Crippen molar-refractivity contribution in [2.75, 3.05) is 0 Å². The fourth-order valence-corrected chi connectivity index (χ4v) is 25.9. The highest BCUT2D eigenvalue weighted by Crippen LogP contribution is 2.46. The molecule has 11 heteroatoms. The van der Waals surface area contributed by atoms with Gasteiger partial charge in [0.15, 0.2) is 33.6 Å². The fraction of sp³-hybridized carbons (Fsp3) is 0. The molecule has 0 radical (unpaired) electrons. The van der Waals surface area contributed by atoms with Crippen LogP contribution in [0.4, 0.5) is 0 Å². The van der Waals surface area contributed by atoms with Crippen molar-refractivity contribution in [2.45, 2.75) is 0 Å². The Balaban J connectivity index is 0.000000145. The van der Waals surface area contributed by atoms with E-state index in [1.807, 2.05) is 78.9 Å². The van der Waals surface area contributed by atoms with Crippen molar-refractivity contribution in [3.05, 3.63) is 303 Å². The molecule has 4 aliphatic rings. The molecule has 0 bridgehead atoms. The molecule has 1 aromatic heterocycles. The minimum Gasteiger partial charge on any atom is -0.457 e. The first-order valence-electron chi connectivity index (χ1n) is 28.5. The zero-order chi connectivity index (χ0) is 56.3. The highest BCUT2D eigenvalue weighted by Gasteiger charge is 2.56. The van der Waals surface area contributed by atoms with Gasteiger partial charge >= 0.3 is 0 Å². The first-order valence-corrected chi connectivity index (χ1v) is 33.8. The van der Waals surface area contributed by atoms with Crippen molar-refractivity contribution < 1.29 is 24.4 Å².